The first kappa shape index (κ1) is 13.6. The number of imidazole rings is 1. The van der Waals surface area contributed by atoms with Crippen LogP contribution < -0.4 is 0 Å². The molecule has 1 aromatic heterocycles. The van der Waals surface area contributed by atoms with Gasteiger partial charge in [0.15, 0.2) is 0 Å². The Morgan fingerprint density at radius 2 is 2.12 bits per heavy atom. The topological polar surface area (TPSA) is 69.2 Å². The predicted octanol–water partition coefficient (Wildman–Crippen LogP) is 3.34. The molecule has 2 bridgehead atoms. The second-order valence-corrected chi connectivity index (χ2v) is 6.68. The normalized spacial score (nSPS) is 21.9. The van der Waals surface area contributed by atoms with Crippen LogP contribution in [-0.2, 0) is 0 Å². The number of fused-ring (bicyclic) bond motifs is 6. The first-order valence-electron chi connectivity index (χ1n) is 8.27. The lowest BCUT2D eigenvalue weighted by Crippen LogP contribution is -2.37. The number of nitrogens with zero attached hydrogens (tertiary/aromatic N) is 2. The minimum Gasteiger partial charge on any atom is -0.508 e. The van der Waals surface area contributed by atoms with Crippen LogP contribution in [-0.4, -0.2) is 32.4 Å². The van der Waals surface area contributed by atoms with E-state index in [4.69, 9.17) is 0 Å². The van der Waals surface area contributed by atoms with Crippen LogP contribution >= 0.6 is 0 Å². The van der Waals surface area contributed by atoms with Gasteiger partial charge in [-0.25, -0.2) is 4.98 Å². The first-order valence-corrected chi connectivity index (χ1v) is 8.27. The van der Waals surface area contributed by atoms with Crippen molar-refractivity contribution >= 4 is 16.9 Å². The maximum Gasteiger partial charge on any atom is 0.254 e. The van der Waals surface area contributed by atoms with Crippen LogP contribution in [0.3, 0.4) is 0 Å². The van der Waals surface area contributed by atoms with Crippen LogP contribution in [0.15, 0.2) is 42.7 Å². The lowest BCUT2D eigenvalue weighted by molar-refractivity contribution is 0.0620. The van der Waals surface area contributed by atoms with E-state index in [0.717, 1.165) is 30.4 Å². The molecule has 2 aliphatic rings. The van der Waals surface area contributed by atoms with Crippen molar-refractivity contribution in [1.29, 1.82) is 0 Å². The van der Waals surface area contributed by atoms with Crippen molar-refractivity contribution in [3.63, 3.8) is 0 Å². The highest BCUT2D eigenvalue weighted by Gasteiger charge is 2.41. The summed E-state index contributed by atoms with van der Waals surface area (Å²) in [5, 5.41) is 9.76. The van der Waals surface area contributed by atoms with Crippen LogP contribution in [0.1, 0.15) is 46.3 Å². The van der Waals surface area contributed by atoms with Crippen LogP contribution in [0, 0.1) is 0 Å². The fourth-order valence-electron chi connectivity index (χ4n) is 4.24. The van der Waals surface area contributed by atoms with E-state index >= 15 is 0 Å². The summed E-state index contributed by atoms with van der Waals surface area (Å²) in [6.07, 6.45) is 3.55. The van der Waals surface area contributed by atoms with Crippen molar-refractivity contribution in [1.82, 2.24) is 14.9 Å². The van der Waals surface area contributed by atoms with Crippen molar-refractivity contribution in [2.45, 2.75) is 24.8 Å². The molecule has 2 N–H and O–H groups in total. The van der Waals surface area contributed by atoms with E-state index < -0.39 is 0 Å². The Morgan fingerprint density at radius 3 is 3.04 bits per heavy atom. The van der Waals surface area contributed by atoms with E-state index in [2.05, 4.69) is 9.97 Å². The maximum absolute atomic E-state index is 13.1. The number of likely N-dealkylation sites (tertiary alicyclic amines) is 1. The molecule has 120 valence electrons. The summed E-state index contributed by atoms with van der Waals surface area (Å²) in [7, 11) is 0. The summed E-state index contributed by atoms with van der Waals surface area (Å²) in [5.41, 5.74) is 4.84. The zero-order valence-corrected chi connectivity index (χ0v) is 13.1. The molecule has 0 saturated carbocycles. The number of H-pyrrole nitrogens is 1. The molecule has 24 heavy (non-hydrogen) atoms. The Kier molecular flexibility index (Phi) is 2.74. The number of aromatic amines is 1. The van der Waals surface area contributed by atoms with Gasteiger partial charge in [-0.15, -0.1) is 0 Å². The van der Waals surface area contributed by atoms with Crippen molar-refractivity contribution < 1.29 is 9.90 Å². The number of carbonyl (C=O) groups excluding carboxylic acids is 1. The Bertz CT molecular complexity index is 962. The van der Waals surface area contributed by atoms with Gasteiger partial charge >= 0.3 is 0 Å². The third-order valence-corrected chi connectivity index (χ3v) is 5.40. The van der Waals surface area contributed by atoms with Gasteiger partial charge in [-0.3, -0.25) is 4.79 Å². The zero-order chi connectivity index (χ0) is 16.3. The number of amides is 1. The number of hydrogen-bond acceptors (Lipinski definition) is 3. The number of hydrogen-bond donors (Lipinski definition) is 2. The summed E-state index contributed by atoms with van der Waals surface area (Å²) >= 11 is 0. The van der Waals surface area contributed by atoms with Crippen molar-refractivity contribution in [3.8, 4) is 5.75 Å². The predicted molar refractivity (Wildman–Crippen MR) is 90.0 cm³/mol. The molecule has 1 aliphatic carbocycles. The zero-order valence-electron chi connectivity index (χ0n) is 13.1. The van der Waals surface area contributed by atoms with Crippen LogP contribution in [0.4, 0.5) is 0 Å². The number of benzene rings is 2. The van der Waals surface area contributed by atoms with Crippen LogP contribution in [0.25, 0.3) is 11.0 Å². The van der Waals surface area contributed by atoms with Gasteiger partial charge in [-0.2, -0.15) is 0 Å². The molecule has 5 nitrogen and oxygen atoms in total. The minimum atomic E-state index is 0.0656. The van der Waals surface area contributed by atoms with E-state index in [1.807, 2.05) is 35.2 Å². The molecule has 0 radical (unpaired) electrons. The maximum atomic E-state index is 13.1. The molecule has 3 aromatic rings. The van der Waals surface area contributed by atoms with Gasteiger partial charge in [0.1, 0.15) is 5.75 Å². The average Bonchev–Trinajstić information content (AvgIpc) is 3.17. The van der Waals surface area contributed by atoms with Gasteiger partial charge < -0.3 is 15.0 Å². The molecule has 1 saturated heterocycles. The number of nitrogens with one attached hydrogen (secondary N) is 1. The Labute approximate surface area is 138 Å². The number of piperidine rings is 1. The highest BCUT2D eigenvalue weighted by Crippen LogP contribution is 2.50. The number of phenolic OH excluding ortho intramolecular Hbond substituents is 1. The molecule has 1 fully saturated rings. The standard InChI is InChI=1S/C19H17N3O2/c23-13-2-3-14-15(9-13)11-5-6-22(18(14)8-11)19(24)12-1-4-16-17(7-12)21-10-20-16/h1-4,7,9-11,18,23H,5-6,8H2,(H,20,21). The number of phenols is 1. The molecule has 2 heterocycles. The van der Waals surface area contributed by atoms with E-state index in [9.17, 15) is 9.90 Å². The molecular formula is C19H17N3O2. The molecule has 1 amide bonds. The fraction of sp³-hybridized carbons (Fsp3) is 0.263. The lowest BCUT2D eigenvalue weighted by Gasteiger charge is -2.34. The second kappa shape index (κ2) is 4.84. The van der Waals surface area contributed by atoms with Gasteiger partial charge in [0, 0.05) is 12.1 Å². The number of carbonyl (C=O) groups is 1. The SMILES string of the molecule is O=C(c1ccc2nc[nH]c2c1)N1CCC2CC1c1ccc(O)cc12. The Balaban J connectivity index is 1.52. The highest BCUT2D eigenvalue weighted by molar-refractivity contribution is 5.97. The fourth-order valence-corrected chi connectivity index (χ4v) is 4.24. The third kappa shape index (κ3) is 1.87. The average molecular weight is 319 g/mol. The molecule has 5 heteroatoms. The molecule has 2 unspecified atom stereocenters. The summed E-state index contributed by atoms with van der Waals surface area (Å²) in [6, 6.07) is 11.3. The number of rotatable bonds is 1. The van der Waals surface area contributed by atoms with E-state index in [1.165, 1.54) is 11.1 Å². The summed E-state index contributed by atoms with van der Waals surface area (Å²) < 4.78 is 0. The van der Waals surface area contributed by atoms with Gasteiger partial charge in [0.05, 0.1) is 23.4 Å². The largest absolute Gasteiger partial charge is 0.508 e. The summed E-state index contributed by atoms with van der Waals surface area (Å²) in [5.74, 6) is 0.830. The van der Waals surface area contributed by atoms with Crippen LogP contribution in [0.2, 0.25) is 0 Å². The number of aromatic nitrogens is 2. The van der Waals surface area contributed by atoms with Gasteiger partial charge in [0.2, 0.25) is 0 Å². The summed E-state index contributed by atoms with van der Waals surface area (Å²) in [6.45, 7) is 0.755. The van der Waals surface area contributed by atoms with Gasteiger partial charge in [-0.1, -0.05) is 6.07 Å². The first-order chi connectivity index (χ1) is 11.7. The summed E-state index contributed by atoms with van der Waals surface area (Å²) in [4.78, 5) is 22.3. The molecule has 0 spiro atoms. The third-order valence-electron chi connectivity index (χ3n) is 5.40. The molecule has 1 aliphatic heterocycles. The van der Waals surface area contributed by atoms with Crippen LogP contribution in [0.5, 0.6) is 5.75 Å². The highest BCUT2D eigenvalue weighted by atomic mass is 16.3. The van der Waals surface area contributed by atoms with Crippen molar-refractivity contribution in [2.24, 2.45) is 0 Å². The molecule has 2 aromatic carbocycles. The van der Waals surface area contributed by atoms with Crippen molar-refractivity contribution in [2.75, 3.05) is 6.54 Å². The Morgan fingerprint density at radius 1 is 1.21 bits per heavy atom. The van der Waals surface area contributed by atoms with E-state index in [1.54, 1.807) is 12.4 Å². The van der Waals surface area contributed by atoms with Gasteiger partial charge in [-0.05, 0) is 60.2 Å². The van der Waals surface area contributed by atoms with Gasteiger partial charge in [0.25, 0.3) is 5.91 Å². The van der Waals surface area contributed by atoms with E-state index in [-0.39, 0.29) is 11.9 Å². The Hall–Kier alpha value is -2.82. The lowest BCUT2D eigenvalue weighted by atomic mass is 9.95. The molecule has 5 rings (SSSR count). The minimum absolute atomic E-state index is 0.0656. The second-order valence-electron chi connectivity index (χ2n) is 6.68. The number of aromatic hydroxyl groups is 1. The monoisotopic (exact) mass is 319 g/mol. The van der Waals surface area contributed by atoms with Crippen molar-refractivity contribution in [3.05, 3.63) is 59.4 Å². The molecular weight excluding hydrogens is 302 g/mol. The quantitative estimate of drug-likeness (QED) is 0.723. The smallest absolute Gasteiger partial charge is 0.254 e. The van der Waals surface area contributed by atoms with E-state index in [0.29, 0.717) is 17.2 Å². The molecule has 2 atom stereocenters.